The Morgan fingerprint density at radius 2 is 1.72 bits per heavy atom. The Kier molecular flexibility index (Phi) is 6.31. The average Bonchev–Trinajstić information content (AvgIpc) is 2.29. The topological polar surface area (TPSA) is 91.7 Å². The maximum absolute atomic E-state index is 10.4. The van der Waals surface area contributed by atoms with E-state index in [1.54, 1.807) is 30.3 Å². The van der Waals surface area contributed by atoms with Crippen LogP contribution in [0.4, 0.5) is 0 Å². The summed E-state index contributed by atoms with van der Waals surface area (Å²) in [4.78, 5) is 10.2. The molecule has 0 unspecified atom stereocenters. The van der Waals surface area contributed by atoms with Crippen molar-refractivity contribution in [1.29, 1.82) is 0 Å². The van der Waals surface area contributed by atoms with Crippen LogP contribution in [0.3, 0.4) is 0 Å². The molecule has 2 N–H and O–H groups in total. The van der Waals surface area contributed by atoms with Gasteiger partial charge in [-0.05, 0) is 26.0 Å². The lowest BCUT2D eigenvalue weighted by molar-refractivity contribution is 0.0697. The SMILES string of the molecule is CC(C)(CCl)S(=O)(=O)O.O=C(O)c1ccccc1. The van der Waals surface area contributed by atoms with Gasteiger partial charge in [-0.15, -0.1) is 11.6 Å². The molecule has 0 aliphatic rings. The van der Waals surface area contributed by atoms with Crippen LogP contribution in [0.1, 0.15) is 24.2 Å². The molecular formula is C11H15ClO5S. The van der Waals surface area contributed by atoms with Crippen LogP contribution in [-0.4, -0.2) is 34.7 Å². The van der Waals surface area contributed by atoms with E-state index in [0.29, 0.717) is 5.56 Å². The lowest BCUT2D eigenvalue weighted by Gasteiger charge is -2.15. The van der Waals surface area contributed by atoms with Gasteiger partial charge >= 0.3 is 5.97 Å². The van der Waals surface area contributed by atoms with Gasteiger partial charge in [-0.2, -0.15) is 8.42 Å². The molecule has 0 heterocycles. The van der Waals surface area contributed by atoms with E-state index in [2.05, 4.69) is 0 Å². The van der Waals surface area contributed by atoms with Gasteiger partial charge in [0.25, 0.3) is 10.1 Å². The molecule has 5 nitrogen and oxygen atoms in total. The first-order chi connectivity index (χ1) is 8.12. The molecule has 0 fully saturated rings. The van der Waals surface area contributed by atoms with Crippen LogP contribution >= 0.6 is 11.6 Å². The van der Waals surface area contributed by atoms with Crippen LogP contribution in [0.2, 0.25) is 0 Å². The second kappa shape index (κ2) is 6.72. The lowest BCUT2D eigenvalue weighted by Crippen LogP contribution is -2.32. The van der Waals surface area contributed by atoms with Gasteiger partial charge < -0.3 is 5.11 Å². The summed E-state index contributed by atoms with van der Waals surface area (Å²) in [5, 5.41) is 8.38. The van der Waals surface area contributed by atoms with Gasteiger partial charge in [-0.3, -0.25) is 4.55 Å². The number of rotatable bonds is 3. The Morgan fingerprint density at radius 1 is 1.28 bits per heavy atom. The van der Waals surface area contributed by atoms with Crippen LogP contribution in [0.15, 0.2) is 30.3 Å². The van der Waals surface area contributed by atoms with Crippen molar-refractivity contribution in [3.63, 3.8) is 0 Å². The van der Waals surface area contributed by atoms with Gasteiger partial charge in [0.15, 0.2) is 0 Å². The van der Waals surface area contributed by atoms with Gasteiger partial charge in [0.05, 0.1) is 5.56 Å². The van der Waals surface area contributed by atoms with Crippen LogP contribution < -0.4 is 0 Å². The Bertz CT molecular complexity index is 481. The lowest BCUT2D eigenvalue weighted by atomic mass is 10.2. The van der Waals surface area contributed by atoms with Gasteiger partial charge in [0.1, 0.15) is 4.75 Å². The van der Waals surface area contributed by atoms with Crippen LogP contribution in [0.5, 0.6) is 0 Å². The Morgan fingerprint density at radius 3 is 1.89 bits per heavy atom. The van der Waals surface area contributed by atoms with Crippen molar-refractivity contribution >= 4 is 27.7 Å². The van der Waals surface area contributed by atoms with Gasteiger partial charge in [-0.1, -0.05) is 18.2 Å². The summed E-state index contributed by atoms with van der Waals surface area (Å²) in [6, 6.07) is 8.30. The minimum Gasteiger partial charge on any atom is -0.478 e. The molecule has 0 aromatic heterocycles. The second-order valence-corrected chi connectivity index (χ2v) is 6.36. The monoisotopic (exact) mass is 294 g/mol. The van der Waals surface area contributed by atoms with Crippen molar-refractivity contribution in [3.05, 3.63) is 35.9 Å². The van der Waals surface area contributed by atoms with Crippen molar-refractivity contribution in [2.75, 3.05) is 5.88 Å². The Hall–Kier alpha value is -1.11. The summed E-state index contributed by atoms with van der Waals surface area (Å²) in [6.07, 6.45) is 0. The number of alkyl halides is 1. The molecule has 102 valence electrons. The van der Waals surface area contributed by atoms with Crippen molar-refractivity contribution in [2.24, 2.45) is 0 Å². The smallest absolute Gasteiger partial charge is 0.335 e. The zero-order chi connectivity index (χ0) is 14.4. The Labute approximate surface area is 111 Å². The van der Waals surface area contributed by atoms with Crippen molar-refractivity contribution in [3.8, 4) is 0 Å². The largest absolute Gasteiger partial charge is 0.478 e. The standard InChI is InChI=1S/C7H6O2.C4H9ClO3S/c8-7(9)6-4-2-1-3-5-6;1-4(2,3-5)9(6,7)8/h1-5H,(H,8,9);3H2,1-2H3,(H,6,7,8). The van der Waals surface area contributed by atoms with E-state index in [1.165, 1.54) is 13.8 Å². The number of aromatic carboxylic acids is 1. The zero-order valence-electron chi connectivity index (χ0n) is 10.00. The first kappa shape index (κ1) is 16.9. The molecule has 0 atom stereocenters. The first-order valence-electron chi connectivity index (χ1n) is 4.93. The van der Waals surface area contributed by atoms with E-state index in [-0.39, 0.29) is 5.88 Å². The number of benzene rings is 1. The first-order valence-corrected chi connectivity index (χ1v) is 6.90. The van der Waals surface area contributed by atoms with E-state index in [4.69, 9.17) is 21.3 Å². The summed E-state index contributed by atoms with van der Waals surface area (Å²) in [5.41, 5.74) is 0.331. The minimum absolute atomic E-state index is 0.105. The number of carbonyl (C=O) groups is 1. The quantitative estimate of drug-likeness (QED) is 0.659. The van der Waals surface area contributed by atoms with Gasteiger partial charge in [0, 0.05) is 5.88 Å². The van der Waals surface area contributed by atoms with Crippen LogP contribution in [-0.2, 0) is 10.1 Å². The van der Waals surface area contributed by atoms with Crippen molar-refractivity contribution < 1.29 is 22.9 Å². The van der Waals surface area contributed by atoms with Crippen LogP contribution in [0, 0.1) is 0 Å². The molecule has 0 aliphatic carbocycles. The number of hydrogen-bond donors (Lipinski definition) is 2. The normalized spacial score (nSPS) is 11.3. The number of carboxylic acid groups (broad SMARTS) is 1. The summed E-state index contributed by atoms with van der Waals surface area (Å²) >= 11 is 5.24. The Balaban J connectivity index is 0.000000321. The third-order valence-electron chi connectivity index (χ3n) is 2.04. The number of carboxylic acids is 1. The molecular weight excluding hydrogens is 280 g/mol. The third-order valence-corrected chi connectivity index (χ3v) is 4.41. The maximum Gasteiger partial charge on any atom is 0.335 e. The van der Waals surface area contributed by atoms with Gasteiger partial charge in [0.2, 0.25) is 0 Å². The highest BCUT2D eigenvalue weighted by Crippen LogP contribution is 2.15. The summed E-state index contributed by atoms with van der Waals surface area (Å²) in [7, 11) is -3.98. The number of halogens is 1. The molecule has 0 aliphatic heterocycles. The molecule has 0 saturated heterocycles. The molecule has 1 aromatic rings. The maximum atomic E-state index is 10.4. The van der Waals surface area contributed by atoms with E-state index in [1.807, 2.05) is 0 Å². The third kappa shape index (κ3) is 5.48. The fourth-order valence-electron chi connectivity index (χ4n) is 0.650. The molecule has 0 bridgehead atoms. The molecule has 0 saturated carbocycles. The highest BCUT2D eigenvalue weighted by molar-refractivity contribution is 7.87. The molecule has 7 heteroatoms. The fraction of sp³-hybridized carbons (Fsp3) is 0.364. The van der Waals surface area contributed by atoms with Gasteiger partial charge in [-0.25, -0.2) is 4.79 Å². The summed E-state index contributed by atoms with van der Waals surface area (Å²) < 4.78 is 27.9. The summed E-state index contributed by atoms with van der Waals surface area (Å²) in [6.45, 7) is 2.71. The summed E-state index contributed by atoms with van der Waals surface area (Å²) in [5.74, 6) is -0.984. The van der Waals surface area contributed by atoms with E-state index >= 15 is 0 Å². The molecule has 18 heavy (non-hydrogen) atoms. The second-order valence-electron chi connectivity index (χ2n) is 4.04. The minimum atomic E-state index is -3.98. The predicted octanol–water partition coefficient (Wildman–Crippen LogP) is 2.28. The highest BCUT2D eigenvalue weighted by Gasteiger charge is 2.31. The van der Waals surface area contributed by atoms with Crippen molar-refractivity contribution in [1.82, 2.24) is 0 Å². The van der Waals surface area contributed by atoms with E-state index < -0.39 is 20.8 Å². The molecule has 0 spiro atoms. The molecule has 0 amide bonds. The average molecular weight is 295 g/mol. The highest BCUT2D eigenvalue weighted by atomic mass is 35.5. The molecule has 1 aromatic carbocycles. The molecule has 0 radical (unpaired) electrons. The fourth-order valence-corrected chi connectivity index (χ4v) is 1.20. The van der Waals surface area contributed by atoms with E-state index in [9.17, 15) is 13.2 Å². The number of hydrogen-bond acceptors (Lipinski definition) is 3. The zero-order valence-corrected chi connectivity index (χ0v) is 11.6. The molecule has 1 rings (SSSR count). The van der Waals surface area contributed by atoms with Crippen molar-refractivity contribution in [2.45, 2.75) is 18.6 Å². The van der Waals surface area contributed by atoms with Crippen LogP contribution in [0.25, 0.3) is 0 Å². The van der Waals surface area contributed by atoms with E-state index in [0.717, 1.165) is 0 Å². The predicted molar refractivity (Wildman–Crippen MR) is 69.7 cm³/mol.